The normalized spacial score (nSPS) is 10.4. The first-order chi connectivity index (χ1) is 6.27. The summed E-state index contributed by atoms with van der Waals surface area (Å²) in [5, 5.41) is 0. The topological polar surface area (TPSA) is 0 Å². The highest BCUT2D eigenvalue weighted by Gasteiger charge is 2.02. The Morgan fingerprint density at radius 1 is 1.23 bits per heavy atom. The highest BCUT2D eigenvalue weighted by Crippen LogP contribution is 2.14. The smallest absolute Gasteiger partial charge is 0.126 e. The molecule has 0 saturated heterocycles. The molecule has 0 N–H and O–H groups in total. The van der Waals surface area contributed by atoms with Gasteiger partial charge in [0, 0.05) is 11.8 Å². The Kier molecular flexibility index (Phi) is 4.54. The van der Waals surface area contributed by atoms with Crippen LogP contribution in [0.15, 0.2) is 18.2 Å². The molecular formula is C10H11Cl2F. The van der Waals surface area contributed by atoms with Gasteiger partial charge in [0.1, 0.15) is 5.82 Å². The van der Waals surface area contributed by atoms with Crippen LogP contribution in [0.2, 0.25) is 0 Å². The Labute approximate surface area is 87.7 Å². The molecule has 1 aromatic carbocycles. The van der Waals surface area contributed by atoms with Crippen molar-refractivity contribution in [1.29, 1.82) is 0 Å². The Balaban J connectivity index is 2.73. The Bertz CT molecular complexity index is 274. The molecule has 0 bridgehead atoms. The molecular weight excluding hydrogens is 210 g/mol. The highest BCUT2D eigenvalue weighted by molar-refractivity contribution is 6.17. The van der Waals surface area contributed by atoms with E-state index in [1.807, 2.05) is 6.07 Å². The largest absolute Gasteiger partial charge is 0.207 e. The average molecular weight is 221 g/mol. The quantitative estimate of drug-likeness (QED) is 0.679. The molecule has 0 aliphatic heterocycles. The van der Waals surface area contributed by atoms with Gasteiger partial charge in [0.2, 0.25) is 0 Å². The number of halogens is 3. The second kappa shape index (κ2) is 5.46. The molecule has 1 aromatic rings. The SMILES string of the molecule is Fc1cc(CCl)ccc1CCCCl. The van der Waals surface area contributed by atoms with Gasteiger partial charge < -0.3 is 0 Å². The summed E-state index contributed by atoms with van der Waals surface area (Å²) in [6.07, 6.45) is 1.50. The van der Waals surface area contributed by atoms with Gasteiger partial charge in [-0.05, 0) is 30.0 Å². The first-order valence-corrected chi connectivity index (χ1v) is 5.24. The third-order valence-electron chi connectivity index (χ3n) is 1.85. The number of aryl methyl sites for hydroxylation is 1. The van der Waals surface area contributed by atoms with Crippen LogP contribution >= 0.6 is 23.2 Å². The first-order valence-electron chi connectivity index (χ1n) is 4.17. The lowest BCUT2D eigenvalue weighted by Crippen LogP contribution is -1.92. The molecule has 0 spiro atoms. The van der Waals surface area contributed by atoms with E-state index in [0.717, 1.165) is 17.5 Å². The van der Waals surface area contributed by atoms with E-state index < -0.39 is 0 Å². The van der Waals surface area contributed by atoms with E-state index in [2.05, 4.69) is 0 Å². The van der Waals surface area contributed by atoms with Gasteiger partial charge in [0.05, 0.1) is 0 Å². The summed E-state index contributed by atoms with van der Waals surface area (Å²) in [6.45, 7) is 0. The van der Waals surface area contributed by atoms with Crippen molar-refractivity contribution in [1.82, 2.24) is 0 Å². The Hall–Kier alpha value is -0.270. The van der Waals surface area contributed by atoms with Crippen LogP contribution < -0.4 is 0 Å². The molecule has 0 fully saturated rings. The minimum atomic E-state index is -0.178. The van der Waals surface area contributed by atoms with E-state index in [1.165, 1.54) is 6.07 Å². The molecule has 0 aromatic heterocycles. The fourth-order valence-corrected chi connectivity index (χ4v) is 1.43. The standard InChI is InChI=1S/C10H11Cl2F/c11-5-1-2-9-4-3-8(7-12)6-10(9)13/h3-4,6H,1-2,5,7H2. The van der Waals surface area contributed by atoms with Crippen molar-refractivity contribution in [2.75, 3.05) is 5.88 Å². The van der Waals surface area contributed by atoms with E-state index in [0.29, 0.717) is 18.2 Å². The number of alkyl halides is 2. The molecule has 13 heavy (non-hydrogen) atoms. The highest BCUT2D eigenvalue weighted by atomic mass is 35.5. The second-order valence-electron chi connectivity index (χ2n) is 2.85. The maximum Gasteiger partial charge on any atom is 0.126 e. The Morgan fingerprint density at radius 3 is 2.54 bits per heavy atom. The molecule has 0 saturated carbocycles. The third-order valence-corrected chi connectivity index (χ3v) is 2.43. The van der Waals surface area contributed by atoms with Crippen LogP contribution in [0.4, 0.5) is 4.39 Å². The number of hydrogen-bond donors (Lipinski definition) is 0. The van der Waals surface area contributed by atoms with Crippen LogP contribution in [0.25, 0.3) is 0 Å². The van der Waals surface area contributed by atoms with E-state index in [4.69, 9.17) is 23.2 Å². The summed E-state index contributed by atoms with van der Waals surface area (Å²) >= 11 is 11.1. The van der Waals surface area contributed by atoms with Crippen molar-refractivity contribution < 1.29 is 4.39 Å². The van der Waals surface area contributed by atoms with Crippen LogP contribution in [0.1, 0.15) is 17.5 Å². The molecule has 72 valence electrons. The molecule has 0 nitrogen and oxygen atoms in total. The fraction of sp³-hybridized carbons (Fsp3) is 0.400. The van der Waals surface area contributed by atoms with Crippen molar-refractivity contribution in [2.24, 2.45) is 0 Å². The predicted octanol–water partition coefficient (Wildman–Crippen LogP) is 3.74. The fourth-order valence-electron chi connectivity index (χ4n) is 1.13. The number of hydrogen-bond acceptors (Lipinski definition) is 0. The lowest BCUT2D eigenvalue weighted by molar-refractivity contribution is 0.606. The lowest BCUT2D eigenvalue weighted by Gasteiger charge is -2.02. The molecule has 0 aliphatic rings. The summed E-state index contributed by atoms with van der Waals surface area (Å²) in [7, 11) is 0. The number of benzene rings is 1. The maximum absolute atomic E-state index is 13.3. The van der Waals surface area contributed by atoms with Gasteiger partial charge in [0.25, 0.3) is 0 Å². The van der Waals surface area contributed by atoms with Gasteiger partial charge in [-0.15, -0.1) is 23.2 Å². The molecule has 3 heteroatoms. The lowest BCUT2D eigenvalue weighted by atomic mass is 10.1. The van der Waals surface area contributed by atoms with Gasteiger partial charge in [-0.3, -0.25) is 0 Å². The molecule has 0 atom stereocenters. The van der Waals surface area contributed by atoms with Crippen molar-refractivity contribution in [3.05, 3.63) is 35.1 Å². The van der Waals surface area contributed by atoms with Crippen LogP contribution in [0.3, 0.4) is 0 Å². The van der Waals surface area contributed by atoms with E-state index >= 15 is 0 Å². The van der Waals surface area contributed by atoms with E-state index in [-0.39, 0.29) is 5.82 Å². The van der Waals surface area contributed by atoms with Crippen molar-refractivity contribution in [3.8, 4) is 0 Å². The van der Waals surface area contributed by atoms with Gasteiger partial charge in [-0.2, -0.15) is 0 Å². The summed E-state index contributed by atoms with van der Waals surface area (Å²) in [4.78, 5) is 0. The minimum Gasteiger partial charge on any atom is -0.207 e. The van der Waals surface area contributed by atoms with Gasteiger partial charge >= 0.3 is 0 Å². The molecule has 1 rings (SSSR count). The van der Waals surface area contributed by atoms with Gasteiger partial charge in [-0.1, -0.05) is 12.1 Å². The molecule has 0 heterocycles. The van der Waals surface area contributed by atoms with Gasteiger partial charge in [-0.25, -0.2) is 4.39 Å². The first kappa shape index (κ1) is 10.8. The van der Waals surface area contributed by atoms with Crippen LogP contribution in [-0.4, -0.2) is 5.88 Å². The monoisotopic (exact) mass is 220 g/mol. The van der Waals surface area contributed by atoms with Crippen LogP contribution in [-0.2, 0) is 12.3 Å². The molecule has 0 aliphatic carbocycles. The van der Waals surface area contributed by atoms with Crippen molar-refractivity contribution in [2.45, 2.75) is 18.7 Å². The molecule has 0 amide bonds. The molecule has 0 unspecified atom stereocenters. The number of rotatable bonds is 4. The minimum absolute atomic E-state index is 0.178. The zero-order valence-corrected chi connectivity index (χ0v) is 8.71. The average Bonchev–Trinajstić information content (AvgIpc) is 2.16. The van der Waals surface area contributed by atoms with Crippen LogP contribution in [0, 0.1) is 5.82 Å². The second-order valence-corrected chi connectivity index (χ2v) is 3.50. The summed E-state index contributed by atoms with van der Waals surface area (Å²) < 4.78 is 13.3. The van der Waals surface area contributed by atoms with Crippen LogP contribution in [0.5, 0.6) is 0 Å². The zero-order chi connectivity index (χ0) is 9.68. The summed E-state index contributed by atoms with van der Waals surface area (Å²) in [5.74, 6) is 0.743. The summed E-state index contributed by atoms with van der Waals surface area (Å²) in [5.41, 5.74) is 1.53. The van der Waals surface area contributed by atoms with E-state index in [1.54, 1.807) is 6.07 Å². The molecule has 0 radical (unpaired) electrons. The Morgan fingerprint density at radius 2 is 2.00 bits per heavy atom. The predicted molar refractivity (Wildman–Crippen MR) is 55.0 cm³/mol. The zero-order valence-electron chi connectivity index (χ0n) is 7.19. The van der Waals surface area contributed by atoms with E-state index in [9.17, 15) is 4.39 Å². The van der Waals surface area contributed by atoms with Crippen molar-refractivity contribution >= 4 is 23.2 Å². The van der Waals surface area contributed by atoms with Gasteiger partial charge in [0.15, 0.2) is 0 Å². The summed E-state index contributed by atoms with van der Waals surface area (Å²) in [6, 6.07) is 5.11. The maximum atomic E-state index is 13.3. The third kappa shape index (κ3) is 3.17. The van der Waals surface area contributed by atoms with Crippen molar-refractivity contribution in [3.63, 3.8) is 0 Å².